The molecule has 0 amide bonds. The quantitative estimate of drug-likeness (QED) is 0.606. The third-order valence-corrected chi connectivity index (χ3v) is 5.81. The van der Waals surface area contributed by atoms with Crippen molar-refractivity contribution >= 4 is 16.0 Å². The molecule has 1 saturated heterocycles. The number of nitrogens with one attached hydrogen (secondary N) is 1. The fraction of sp³-hybridized carbons (Fsp3) is 0.467. The highest BCUT2D eigenvalue weighted by Crippen LogP contribution is 2.13. The minimum atomic E-state index is -3.40. The number of guanidine groups is 1. The molecule has 9 nitrogen and oxygen atoms in total. The van der Waals surface area contributed by atoms with Gasteiger partial charge in [-0.05, 0) is 6.07 Å². The molecule has 0 unspecified atom stereocenters. The van der Waals surface area contributed by atoms with Crippen LogP contribution in [0.25, 0.3) is 0 Å². The van der Waals surface area contributed by atoms with Crippen molar-refractivity contribution in [3.63, 3.8) is 0 Å². The van der Waals surface area contributed by atoms with Crippen LogP contribution in [0.2, 0.25) is 0 Å². The Morgan fingerprint density at radius 2 is 2.08 bits per heavy atom. The van der Waals surface area contributed by atoms with Gasteiger partial charge in [0, 0.05) is 51.4 Å². The molecule has 0 aliphatic carbocycles. The van der Waals surface area contributed by atoms with Crippen LogP contribution in [0, 0.1) is 0 Å². The van der Waals surface area contributed by atoms with Crippen molar-refractivity contribution in [2.45, 2.75) is 12.3 Å². The lowest BCUT2D eigenvalue weighted by Crippen LogP contribution is -2.53. The van der Waals surface area contributed by atoms with Crippen molar-refractivity contribution in [1.82, 2.24) is 19.7 Å². The number of aromatic nitrogens is 1. The zero-order chi connectivity index (χ0) is 17.7. The second kappa shape index (κ2) is 7.70. The first-order chi connectivity index (χ1) is 12.1. The molecule has 0 radical (unpaired) electrons. The lowest BCUT2D eigenvalue weighted by atomic mass is 10.3. The zero-order valence-corrected chi connectivity index (χ0v) is 14.8. The normalized spacial score (nSPS) is 17.0. The molecule has 0 bridgehead atoms. The van der Waals surface area contributed by atoms with Crippen molar-refractivity contribution in [2.24, 2.45) is 4.99 Å². The van der Waals surface area contributed by atoms with E-state index in [9.17, 15) is 8.42 Å². The molecule has 2 aromatic rings. The average Bonchev–Trinajstić information content (AvgIpc) is 3.29. The predicted octanol–water partition coefficient (Wildman–Crippen LogP) is 0.491. The van der Waals surface area contributed by atoms with Gasteiger partial charge < -0.3 is 19.2 Å². The number of hydrogen-bond acceptors (Lipinski definition) is 6. The molecule has 1 fully saturated rings. The summed E-state index contributed by atoms with van der Waals surface area (Å²) in [5.74, 6) is 0.603. The van der Waals surface area contributed by atoms with E-state index in [-0.39, 0.29) is 5.75 Å². The smallest absolute Gasteiger partial charge is 0.220 e. The van der Waals surface area contributed by atoms with Crippen molar-refractivity contribution in [3.8, 4) is 0 Å². The number of nitrogens with zero attached hydrogens (tertiary/aromatic N) is 4. The lowest BCUT2D eigenvalue weighted by Gasteiger charge is -2.35. The highest BCUT2D eigenvalue weighted by Gasteiger charge is 2.28. The number of piperazine rings is 1. The first kappa shape index (κ1) is 17.5. The summed E-state index contributed by atoms with van der Waals surface area (Å²) in [6.07, 6.45) is 4.67. The van der Waals surface area contributed by atoms with Gasteiger partial charge in [-0.25, -0.2) is 8.42 Å². The van der Waals surface area contributed by atoms with E-state index in [1.54, 1.807) is 25.6 Å². The number of aliphatic imine (C=N–C) groups is 1. The second-order valence-corrected chi connectivity index (χ2v) is 7.63. The van der Waals surface area contributed by atoms with Crippen LogP contribution in [0.1, 0.15) is 11.3 Å². The lowest BCUT2D eigenvalue weighted by molar-refractivity contribution is 0.259. The van der Waals surface area contributed by atoms with Crippen molar-refractivity contribution in [3.05, 3.63) is 42.2 Å². The van der Waals surface area contributed by atoms with Gasteiger partial charge in [0.25, 0.3) is 0 Å². The molecule has 3 rings (SSSR count). The molecule has 2 aromatic heterocycles. The summed E-state index contributed by atoms with van der Waals surface area (Å²) in [6.45, 7) is 2.57. The third kappa shape index (κ3) is 4.40. The minimum Gasteiger partial charge on any atom is -0.472 e. The van der Waals surface area contributed by atoms with Crippen molar-refractivity contribution in [2.75, 3.05) is 33.2 Å². The SMILES string of the molecule is CN=C(NCc1ccoc1)N1CCN(S(=O)(=O)Cc2ccon2)CC1. The molecule has 136 valence electrons. The Morgan fingerprint density at radius 3 is 2.68 bits per heavy atom. The van der Waals surface area contributed by atoms with Gasteiger partial charge in [-0.1, -0.05) is 5.16 Å². The number of furan rings is 1. The van der Waals surface area contributed by atoms with E-state index in [0.29, 0.717) is 38.4 Å². The Labute approximate surface area is 146 Å². The fourth-order valence-corrected chi connectivity index (χ4v) is 4.10. The van der Waals surface area contributed by atoms with E-state index >= 15 is 0 Å². The van der Waals surface area contributed by atoms with Gasteiger partial charge in [-0.3, -0.25) is 4.99 Å². The van der Waals surface area contributed by atoms with Crippen LogP contribution in [0.4, 0.5) is 0 Å². The first-order valence-electron chi connectivity index (χ1n) is 7.92. The standard InChI is InChI=1S/C15H21N5O4S/c1-16-15(17-10-13-2-8-23-11-13)19-4-6-20(7-5-19)25(21,22)12-14-3-9-24-18-14/h2-3,8-9,11H,4-7,10,12H2,1H3,(H,16,17). The summed E-state index contributed by atoms with van der Waals surface area (Å²) < 4.78 is 36.1. The number of rotatable bonds is 5. The maximum atomic E-state index is 12.4. The third-order valence-electron chi connectivity index (χ3n) is 4.00. The molecular formula is C15H21N5O4S. The van der Waals surface area contributed by atoms with Crippen LogP contribution in [0.5, 0.6) is 0 Å². The minimum absolute atomic E-state index is 0.142. The maximum absolute atomic E-state index is 12.4. The van der Waals surface area contributed by atoms with Crippen LogP contribution < -0.4 is 5.32 Å². The van der Waals surface area contributed by atoms with Crippen LogP contribution in [-0.2, 0) is 22.3 Å². The van der Waals surface area contributed by atoms with Gasteiger partial charge in [-0.15, -0.1) is 0 Å². The molecular weight excluding hydrogens is 346 g/mol. The second-order valence-electron chi connectivity index (χ2n) is 5.67. The Kier molecular flexibility index (Phi) is 5.39. The van der Waals surface area contributed by atoms with Gasteiger partial charge in [0.15, 0.2) is 5.96 Å². The maximum Gasteiger partial charge on any atom is 0.220 e. The first-order valence-corrected chi connectivity index (χ1v) is 9.53. The number of hydrogen-bond donors (Lipinski definition) is 1. The molecule has 3 heterocycles. The molecule has 0 saturated carbocycles. The molecule has 0 aromatic carbocycles. The van der Waals surface area contributed by atoms with Gasteiger partial charge in [0.05, 0.1) is 18.2 Å². The predicted molar refractivity (Wildman–Crippen MR) is 91.2 cm³/mol. The summed E-state index contributed by atoms with van der Waals surface area (Å²) in [7, 11) is -1.68. The fourth-order valence-electron chi connectivity index (χ4n) is 2.67. The van der Waals surface area contributed by atoms with E-state index in [4.69, 9.17) is 8.94 Å². The van der Waals surface area contributed by atoms with Gasteiger partial charge in [0.1, 0.15) is 12.0 Å². The van der Waals surface area contributed by atoms with Gasteiger partial charge >= 0.3 is 0 Å². The average molecular weight is 367 g/mol. The summed E-state index contributed by atoms with van der Waals surface area (Å²) in [5, 5.41) is 6.93. The molecule has 1 N–H and O–H groups in total. The van der Waals surface area contributed by atoms with E-state index in [2.05, 4.69) is 15.5 Å². The molecule has 0 spiro atoms. The van der Waals surface area contributed by atoms with Crippen LogP contribution in [0.15, 0.2) is 44.9 Å². The molecule has 1 aliphatic rings. The summed E-state index contributed by atoms with van der Waals surface area (Å²) >= 11 is 0. The largest absolute Gasteiger partial charge is 0.472 e. The Hall–Kier alpha value is -2.33. The van der Waals surface area contributed by atoms with Gasteiger partial charge in [0.2, 0.25) is 10.0 Å². The van der Waals surface area contributed by atoms with Crippen LogP contribution >= 0.6 is 0 Å². The molecule has 0 atom stereocenters. The molecule has 25 heavy (non-hydrogen) atoms. The zero-order valence-electron chi connectivity index (χ0n) is 14.0. The summed E-state index contributed by atoms with van der Waals surface area (Å²) in [6, 6.07) is 3.45. The topological polar surface area (TPSA) is 104 Å². The van der Waals surface area contributed by atoms with Crippen LogP contribution in [0.3, 0.4) is 0 Å². The summed E-state index contributed by atoms with van der Waals surface area (Å²) in [5.41, 5.74) is 1.44. The van der Waals surface area contributed by atoms with Crippen LogP contribution in [-0.4, -0.2) is 62.0 Å². The Balaban J connectivity index is 1.53. The van der Waals surface area contributed by atoms with E-state index in [1.807, 2.05) is 11.0 Å². The van der Waals surface area contributed by atoms with E-state index in [0.717, 1.165) is 11.5 Å². The van der Waals surface area contributed by atoms with E-state index in [1.165, 1.54) is 10.6 Å². The Bertz CT molecular complexity index is 778. The van der Waals surface area contributed by atoms with Crippen molar-refractivity contribution < 1.29 is 17.4 Å². The molecule has 1 aliphatic heterocycles. The van der Waals surface area contributed by atoms with Crippen molar-refractivity contribution in [1.29, 1.82) is 0 Å². The highest BCUT2D eigenvalue weighted by atomic mass is 32.2. The molecule has 10 heteroatoms. The van der Waals surface area contributed by atoms with Gasteiger partial charge in [-0.2, -0.15) is 4.31 Å². The Morgan fingerprint density at radius 1 is 1.28 bits per heavy atom. The number of sulfonamides is 1. The van der Waals surface area contributed by atoms with E-state index < -0.39 is 10.0 Å². The summed E-state index contributed by atoms with van der Waals surface area (Å²) in [4.78, 5) is 6.31. The monoisotopic (exact) mass is 367 g/mol. The highest BCUT2D eigenvalue weighted by molar-refractivity contribution is 7.88.